The number of carbonyl (C=O) groups excluding carboxylic acids is 1. The average molecular weight is 392 g/mol. The van der Waals surface area contributed by atoms with Crippen LogP contribution in [0.1, 0.15) is 30.4 Å². The smallest absolute Gasteiger partial charge is 0.243 e. The molecule has 0 bridgehead atoms. The lowest BCUT2D eigenvalue weighted by Crippen LogP contribution is -2.38. The highest BCUT2D eigenvalue weighted by Crippen LogP contribution is 2.38. The number of carbonyl (C=O) groups is 1. The number of benzene rings is 1. The second-order valence-electron chi connectivity index (χ2n) is 8.42. The summed E-state index contributed by atoms with van der Waals surface area (Å²) in [7, 11) is -1.50. The van der Waals surface area contributed by atoms with Crippen molar-refractivity contribution in [1.82, 2.24) is 9.21 Å². The summed E-state index contributed by atoms with van der Waals surface area (Å²) in [5.74, 6) is -0.368. The third kappa shape index (κ3) is 3.52. The van der Waals surface area contributed by atoms with Crippen LogP contribution < -0.4 is 5.73 Å². The lowest BCUT2D eigenvalue weighted by molar-refractivity contribution is -0.123. The van der Waals surface area contributed by atoms with E-state index in [-0.39, 0.29) is 24.3 Å². The summed E-state index contributed by atoms with van der Waals surface area (Å²) in [6.45, 7) is 2.60. The highest BCUT2D eigenvalue weighted by molar-refractivity contribution is 7.89. The minimum atomic E-state index is -3.59. The number of nitrogens with two attached hydrogens (primary N) is 1. The Morgan fingerprint density at radius 2 is 1.81 bits per heavy atom. The molecule has 0 saturated carbocycles. The Kier molecular flexibility index (Phi) is 5.03. The van der Waals surface area contributed by atoms with Gasteiger partial charge in [-0.1, -0.05) is 6.07 Å². The lowest BCUT2D eigenvalue weighted by atomic mass is 9.78. The van der Waals surface area contributed by atoms with E-state index in [0.717, 1.165) is 50.8 Å². The van der Waals surface area contributed by atoms with Crippen LogP contribution in [0.3, 0.4) is 0 Å². The Bertz CT molecular complexity index is 831. The Morgan fingerprint density at radius 1 is 1.11 bits per heavy atom. The maximum atomic E-state index is 13.2. The van der Waals surface area contributed by atoms with Crippen molar-refractivity contribution in [2.45, 2.75) is 37.0 Å². The summed E-state index contributed by atoms with van der Waals surface area (Å²) in [5.41, 5.74) is 8.07. The molecule has 2 N–H and O–H groups in total. The fraction of sp³-hybridized carbons (Fsp3) is 0.650. The van der Waals surface area contributed by atoms with E-state index in [9.17, 15) is 13.2 Å². The number of likely N-dealkylation sites (tertiary alicyclic amines) is 1. The maximum absolute atomic E-state index is 13.2. The van der Waals surface area contributed by atoms with Crippen LogP contribution in [0, 0.1) is 17.8 Å². The predicted octanol–water partition coefficient (Wildman–Crippen LogP) is 1.24. The standard InChI is InChI=1S/C20H29N3O3S/c1-22-9-7-15(8-10-22)18-12-23(13-19(18)20(21)24)27(25,26)17-6-5-14-3-2-4-16(14)11-17/h5-6,11,15,18-19H,2-4,7-10,12-13H2,1H3,(H2,21,24)/t18-,19+/m0/s1. The summed E-state index contributed by atoms with van der Waals surface area (Å²) < 4.78 is 28.0. The SMILES string of the molecule is CN1CCC([C@@H]2CN(S(=O)(=O)c3ccc4c(c3)CCC4)C[C@H]2C(N)=O)CC1. The summed E-state index contributed by atoms with van der Waals surface area (Å²) in [5, 5.41) is 0. The molecule has 27 heavy (non-hydrogen) atoms. The van der Waals surface area contributed by atoms with Gasteiger partial charge in [-0.2, -0.15) is 4.31 Å². The van der Waals surface area contributed by atoms with Gasteiger partial charge in [-0.3, -0.25) is 4.79 Å². The Hall–Kier alpha value is -1.44. The molecule has 1 aromatic carbocycles. The summed E-state index contributed by atoms with van der Waals surface area (Å²) >= 11 is 0. The molecule has 0 radical (unpaired) electrons. The maximum Gasteiger partial charge on any atom is 0.243 e. The fourth-order valence-electron chi connectivity index (χ4n) is 5.08. The van der Waals surface area contributed by atoms with Gasteiger partial charge in [-0.05, 0) is 87.3 Å². The van der Waals surface area contributed by atoms with E-state index in [2.05, 4.69) is 11.9 Å². The van der Waals surface area contributed by atoms with Crippen LogP contribution in [0.2, 0.25) is 0 Å². The minimum Gasteiger partial charge on any atom is -0.369 e. The van der Waals surface area contributed by atoms with E-state index in [4.69, 9.17) is 5.73 Å². The number of primary amides is 1. The minimum absolute atomic E-state index is 0.0282. The van der Waals surface area contributed by atoms with Crippen LogP contribution in [0.25, 0.3) is 0 Å². The number of hydrogen-bond donors (Lipinski definition) is 1. The van der Waals surface area contributed by atoms with Crippen LogP contribution in [0.4, 0.5) is 0 Å². The molecule has 1 aliphatic carbocycles. The monoisotopic (exact) mass is 391 g/mol. The molecule has 0 unspecified atom stereocenters. The molecule has 2 aliphatic heterocycles. The van der Waals surface area contributed by atoms with Crippen molar-refractivity contribution in [3.8, 4) is 0 Å². The van der Waals surface area contributed by atoms with E-state index >= 15 is 0 Å². The van der Waals surface area contributed by atoms with Gasteiger partial charge in [-0.25, -0.2) is 8.42 Å². The molecule has 148 valence electrons. The van der Waals surface area contributed by atoms with Gasteiger partial charge in [0.25, 0.3) is 0 Å². The number of hydrogen-bond acceptors (Lipinski definition) is 4. The number of rotatable bonds is 4. The van der Waals surface area contributed by atoms with E-state index in [1.54, 1.807) is 6.07 Å². The molecule has 2 heterocycles. The molecular formula is C20H29N3O3S. The van der Waals surface area contributed by atoms with E-state index in [1.165, 1.54) is 9.87 Å². The van der Waals surface area contributed by atoms with Gasteiger partial charge in [0.1, 0.15) is 0 Å². The van der Waals surface area contributed by atoms with Crippen molar-refractivity contribution in [1.29, 1.82) is 0 Å². The normalized spacial score (nSPS) is 27.7. The molecule has 2 fully saturated rings. The first-order valence-electron chi connectivity index (χ1n) is 9.96. The molecule has 2 atom stereocenters. The molecule has 0 aromatic heterocycles. The second kappa shape index (κ2) is 7.18. The van der Waals surface area contributed by atoms with Gasteiger partial charge in [-0.15, -0.1) is 0 Å². The molecule has 0 spiro atoms. The van der Waals surface area contributed by atoms with Crippen molar-refractivity contribution >= 4 is 15.9 Å². The van der Waals surface area contributed by atoms with Crippen molar-refractivity contribution in [3.63, 3.8) is 0 Å². The second-order valence-corrected chi connectivity index (χ2v) is 10.4. The average Bonchev–Trinajstić information content (AvgIpc) is 3.29. The summed E-state index contributed by atoms with van der Waals surface area (Å²) in [4.78, 5) is 14.7. The molecule has 1 aromatic rings. The number of sulfonamides is 1. The Balaban J connectivity index is 1.57. The number of piperidine rings is 1. The number of aryl methyl sites for hydroxylation is 2. The van der Waals surface area contributed by atoms with Crippen molar-refractivity contribution < 1.29 is 13.2 Å². The molecule has 3 aliphatic rings. The van der Waals surface area contributed by atoms with E-state index in [1.807, 2.05) is 12.1 Å². The Labute approximate surface area is 161 Å². The molecule has 1 amide bonds. The van der Waals surface area contributed by atoms with E-state index in [0.29, 0.717) is 17.4 Å². The summed E-state index contributed by atoms with van der Waals surface area (Å²) in [6.07, 6.45) is 5.06. The molecule has 7 heteroatoms. The van der Waals surface area contributed by atoms with Gasteiger partial charge in [0.15, 0.2) is 0 Å². The third-order valence-corrected chi connectivity index (χ3v) is 8.60. The molecule has 2 saturated heterocycles. The third-order valence-electron chi connectivity index (χ3n) is 6.77. The highest BCUT2D eigenvalue weighted by atomic mass is 32.2. The number of nitrogens with zero attached hydrogens (tertiary/aromatic N) is 2. The first-order valence-corrected chi connectivity index (χ1v) is 11.4. The first-order chi connectivity index (χ1) is 12.9. The molecule has 4 rings (SSSR count). The molecule has 6 nitrogen and oxygen atoms in total. The lowest BCUT2D eigenvalue weighted by Gasteiger charge is -2.34. The predicted molar refractivity (Wildman–Crippen MR) is 104 cm³/mol. The number of amides is 1. The zero-order valence-corrected chi connectivity index (χ0v) is 16.7. The summed E-state index contributed by atoms with van der Waals surface area (Å²) in [6, 6.07) is 5.51. The van der Waals surface area contributed by atoms with Gasteiger partial charge in [0.05, 0.1) is 10.8 Å². The van der Waals surface area contributed by atoms with Gasteiger partial charge < -0.3 is 10.6 Å². The van der Waals surface area contributed by atoms with Crippen LogP contribution in [-0.4, -0.2) is 56.8 Å². The quantitative estimate of drug-likeness (QED) is 0.837. The largest absolute Gasteiger partial charge is 0.369 e. The zero-order chi connectivity index (χ0) is 19.2. The van der Waals surface area contributed by atoms with Crippen LogP contribution in [0.15, 0.2) is 23.1 Å². The number of fused-ring (bicyclic) bond motifs is 1. The van der Waals surface area contributed by atoms with E-state index < -0.39 is 10.0 Å². The first kappa shape index (κ1) is 18.9. The van der Waals surface area contributed by atoms with Gasteiger partial charge >= 0.3 is 0 Å². The zero-order valence-electron chi connectivity index (χ0n) is 15.9. The van der Waals surface area contributed by atoms with Gasteiger partial charge in [0.2, 0.25) is 15.9 Å². The highest BCUT2D eigenvalue weighted by Gasteiger charge is 2.45. The fourth-order valence-corrected chi connectivity index (χ4v) is 6.64. The molecular weight excluding hydrogens is 362 g/mol. The Morgan fingerprint density at radius 3 is 2.52 bits per heavy atom. The van der Waals surface area contributed by atoms with Crippen molar-refractivity contribution in [2.24, 2.45) is 23.5 Å². The van der Waals surface area contributed by atoms with Crippen molar-refractivity contribution in [3.05, 3.63) is 29.3 Å². The van der Waals surface area contributed by atoms with Crippen LogP contribution in [-0.2, 0) is 27.7 Å². The topological polar surface area (TPSA) is 83.7 Å². The van der Waals surface area contributed by atoms with Crippen LogP contribution >= 0.6 is 0 Å². The van der Waals surface area contributed by atoms with Crippen molar-refractivity contribution in [2.75, 3.05) is 33.2 Å². The van der Waals surface area contributed by atoms with Crippen LogP contribution in [0.5, 0.6) is 0 Å². The van der Waals surface area contributed by atoms with Gasteiger partial charge in [0, 0.05) is 13.1 Å².